The van der Waals surface area contributed by atoms with Crippen LogP contribution in [0.1, 0.15) is 20.3 Å². The van der Waals surface area contributed by atoms with Gasteiger partial charge in [-0.3, -0.25) is 0 Å². The molecule has 0 fully saturated rings. The van der Waals surface area contributed by atoms with Gasteiger partial charge in [0.2, 0.25) is 0 Å². The van der Waals surface area contributed by atoms with Gasteiger partial charge in [0.25, 0.3) is 0 Å². The summed E-state index contributed by atoms with van der Waals surface area (Å²) in [5.74, 6) is -0.602. The summed E-state index contributed by atoms with van der Waals surface area (Å²) in [7, 11) is 2.92. The molecule has 0 aliphatic rings. The van der Waals surface area contributed by atoms with E-state index < -0.39 is 0 Å². The van der Waals surface area contributed by atoms with Gasteiger partial charge in [-0.15, -0.1) is 0 Å². The van der Waals surface area contributed by atoms with E-state index in [1.807, 2.05) is 6.92 Å². The van der Waals surface area contributed by atoms with E-state index in [1.165, 1.54) is 14.2 Å². The van der Waals surface area contributed by atoms with Crippen molar-refractivity contribution < 1.29 is 28.5 Å². The summed E-state index contributed by atoms with van der Waals surface area (Å²) in [6, 6.07) is 0. The van der Waals surface area contributed by atoms with Crippen molar-refractivity contribution in [1.82, 2.24) is 0 Å². The van der Waals surface area contributed by atoms with Crippen LogP contribution in [0, 0.1) is 0 Å². The van der Waals surface area contributed by atoms with Gasteiger partial charge in [0.05, 0.1) is 13.2 Å². The third-order valence-corrected chi connectivity index (χ3v) is 1.30. The normalized spacial score (nSPS) is 8.94. The number of methoxy groups -OCH3 is 2. The SMILES string of the molecule is CCCOC(=O)COC.CCOC(=O)COC. The Balaban J connectivity index is 0. The lowest BCUT2D eigenvalue weighted by atomic mass is 10.5. The van der Waals surface area contributed by atoms with Gasteiger partial charge in [0, 0.05) is 14.2 Å². The standard InChI is InChI=1S/C6H12O3.C5H10O3/c1-3-4-9-6(7)5-8-2;1-3-8-5(6)4-7-2/h3-5H2,1-2H3;3-4H2,1-2H3. The Kier molecular flexibility index (Phi) is 15.9. The number of ether oxygens (including phenoxy) is 4. The molecule has 0 saturated carbocycles. The van der Waals surface area contributed by atoms with Crippen molar-refractivity contribution in [3.8, 4) is 0 Å². The Morgan fingerprint density at radius 3 is 1.71 bits per heavy atom. The highest BCUT2D eigenvalue weighted by Gasteiger charge is 1.97. The first-order chi connectivity index (χ1) is 8.12. The Labute approximate surface area is 102 Å². The van der Waals surface area contributed by atoms with Crippen LogP contribution in [-0.2, 0) is 28.5 Å². The molecule has 0 heterocycles. The van der Waals surface area contributed by atoms with Crippen molar-refractivity contribution in [2.75, 3.05) is 40.6 Å². The fourth-order valence-corrected chi connectivity index (χ4v) is 0.696. The molecular weight excluding hydrogens is 228 g/mol. The third kappa shape index (κ3) is 17.5. The topological polar surface area (TPSA) is 71.1 Å². The molecule has 102 valence electrons. The van der Waals surface area contributed by atoms with Gasteiger partial charge in [-0.05, 0) is 13.3 Å². The van der Waals surface area contributed by atoms with Gasteiger partial charge in [0.1, 0.15) is 13.2 Å². The van der Waals surface area contributed by atoms with Crippen molar-refractivity contribution in [2.24, 2.45) is 0 Å². The molecule has 0 atom stereocenters. The van der Waals surface area contributed by atoms with Crippen LogP contribution in [0.5, 0.6) is 0 Å². The minimum absolute atomic E-state index is 0.0494. The Morgan fingerprint density at radius 1 is 0.882 bits per heavy atom. The summed E-state index contributed by atoms with van der Waals surface area (Å²) in [6.45, 7) is 4.71. The summed E-state index contributed by atoms with van der Waals surface area (Å²) >= 11 is 0. The maximum absolute atomic E-state index is 10.5. The number of carbonyl (C=O) groups is 2. The molecule has 0 bridgehead atoms. The van der Waals surface area contributed by atoms with E-state index in [1.54, 1.807) is 6.92 Å². The fraction of sp³-hybridized carbons (Fsp3) is 0.818. The van der Waals surface area contributed by atoms with E-state index in [2.05, 4.69) is 18.9 Å². The van der Waals surface area contributed by atoms with Crippen molar-refractivity contribution in [1.29, 1.82) is 0 Å². The average Bonchev–Trinajstić information content (AvgIpc) is 2.28. The van der Waals surface area contributed by atoms with Crippen LogP contribution in [0.25, 0.3) is 0 Å². The molecule has 0 aliphatic carbocycles. The average molecular weight is 250 g/mol. The largest absolute Gasteiger partial charge is 0.464 e. The van der Waals surface area contributed by atoms with Crippen molar-refractivity contribution >= 4 is 11.9 Å². The Morgan fingerprint density at radius 2 is 1.35 bits per heavy atom. The molecule has 0 aromatic carbocycles. The molecule has 0 unspecified atom stereocenters. The summed E-state index contributed by atoms with van der Waals surface area (Å²) in [5.41, 5.74) is 0. The van der Waals surface area contributed by atoms with Crippen molar-refractivity contribution in [3.05, 3.63) is 0 Å². The summed E-state index contributed by atoms with van der Waals surface area (Å²) in [5, 5.41) is 0. The van der Waals surface area contributed by atoms with E-state index >= 15 is 0 Å². The molecular formula is C11H22O6. The highest BCUT2D eigenvalue weighted by atomic mass is 16.6. The van der Waals surface area contributed by atoms with E-state index in [4.69, 9.17) is 0 Å². The molecule has 0 saturated heterocycles. The highest BCUT2D eigenvalue weighted by Crippen LogP contribution is 1.82. The van der Waals surface area contributed by atoms with Crippen LogP contribution >= 0.6 is 0 Å². The van der Waals surface area contributed by atoms with E-state index in [0.717, 1.165) is 6.42 Å². The van der Waals surface area contributed by atoms with Crippen LogP contribution in [0.15, 0.2) is 0 Å². The van der Waals surface area contributed by atoms with Gasteiger partial charge in [-0.25, -0.2) is 9.59 Å². The maximum Gasteiger partial charge on any atom is 0.332 e. The molecule has 0 spiro atoms. The van der Waals surface area contributed by atoms with Gasteiger partial charge >= 0.3 is 11.9 Å². The van der Waals surface area contributed by atoms with Crippen molar-refractivity contribution in [2.45, 2.75) is 20.3 Å². The van der Waals surface area contributed by atoms with Gasteiger partial charge in [0.15, 0.2) is 0 Å². The Hall–Kier alpha value is -1.14. The van der Waals surface area contributed by atoms with Gasteiger partial charge in [-0.2, -0.15) is 0 Å². The second-order valence-electron chi connectivity index (χ2n) is 2.89. The zero-order valence-corrected chi connectivity index (χ0v) is 11.0. The van der Waals surface area contributed by atoms with Crippen LogP contribution in [0.3, 0.4) is 0 Å². The van der Waals surface area contributed by atoms with Crippen molar-refractivity contribution in [3.63, 3.8) is 0 Å². The molecule has 0 aromatic heterocycles. The van der Waals surface area contributed by atoms with Crippen LogP contribution in [0.4, 0.5) is 0 Å². The van der Waals surface area contributed by atoms with Gasteiger partial charge in [-0.1, -0.05) is 6.92 Å². The molecule has 0 amide bonds. The van der Waals surface area contributed by atoms with E-state index in [-0.39, 0.29) is 25.2 Å². The lowest BCUT2D eigenvalue weighted by Gasteiger charge is -1.99. The number of rotatable bonds is 7. The minimum Gasteiger partial charge on any atom is -0.464 e. The number of hydrogen-bond donors (Lipinski definition) is 0. The number of carbonyl (C=O) groups excluding carboxylic acids is 2. The van der Waals surface area contributed by atoms with E-state index in [9.17, 15) is 9.59 Å². The molecule has 17 heavy (non-hydrogen) atoms. The zero-order chi connectivity index (χ0) is 13.5. The quantitative estimate of drug-likeness (QED) is 0.622. The third-order valence-electron chi connectivity index (χ3n) is 1.30. The second-order valence-corrected chi connectivity index (χ2v) is 2.89. The molecule has 0 radical (unpaired) electrons. The van der Waals surface area contributed by atoms with Crippen LogP contribution < -0.4 is 0 Å². The van der Waals surface area contributed by atoms with Crippen LogP contribution in [0.2, 0.25) is 0 Å². The highest BCUT2D eigenvalue weighted by molar-refractivity contribution is 5.70. The summed E-state index contributed by atoms with van der Waals surface area (Å²) in [6.07, 6.45) is 0.857. The second kappa shape index (κ2) is 14.9. The maximum atomic E-state index is 10.5. The fourth-order valence-electron chi connectivity index (χ4n) is 0.696. The predicted octanol–water partition coefficient (Wildman–Crippen LogP) is 0.782. The smallest absolute Gasteiger partial charge is 0.332 e. The summed E-state index contributed by atoms with van der Waals surface area (Å²) in [4.78, 5) is 20.8. The zero-order valence-electron chi connectivity index (χ0n) is 11.0. The van der Waals surface area contributed by atoms with Gasteiger partial charge < -0.3 is 18.9 Å². The van der Waals surface area contributed by atoms with E-state index in [0.29, 0.717) is 13.2 Å². The number of esters is 2. The predicted molar refractivity (Wildman–Crippen MR) is 61.6 cm³/mol. The molecule has 0 N–H and O–H groups in total. The summed E-state index contributed by atoms with van der Waals surface area (Å²) < 4.78 is 18.2. The Bertz CT molecular complexity index is 184. The molecule has 6 heteroatoms. The molecule has 0 rings (SSSR count). The lowest BCUT2D eigenvalue weighted by Crippen LogP contribution is -2.11. The first-order valence-corrected chi connectivity index (χ1v) is 5.41. The molecule has 0 aromatic rings. The minimum atomic E-state index is -0.310. The monoisotopic (exact) mass is 250 g/mol. The lowest BCUT2D eigenvalue weighted by molar-refractivity contribution is -0.148. The van der Waals surface area contributed by atoms with Crippen LogP contribution in [-0.4, -0.2) is 52.6 Å². The molecule has 6 nitrogen and oxygen atoms in total. The number of hydrogen-bond acceptors (Lipinski definition) is 6. The first-order valence-electron chi connectivity index (χ1n) is 5.41. The first kappa shape index (κ1) is 18.2. The molecule has 0 aliphatic heterocycles.